The van der Waals surface area contributed by atoms with Crippen molar-refractivity contribution in [3.8, 4) is 0 Å². The lowest BCUT2D eigenvalue weighted by Gasteiger charge is -2.09. The molecule has 1 aromatic rings. The van der Waals surface area contributed by atoms with Crippen molar-refractivity contribution in [1.82, 2.24) is 16.2 Å². The number of hydrogen-bond acceptors (Lipinski definition) is 5. The molecule has 7 N–H and O–H groups in total. The van der Waals surface area contributed by atoms with Crippen molar-refractivity contribution in [3.63, 3.8) is 0 Å². The zero-order valence-electron chi connectivity index (χ0n) is 12.6. The van der Waals surface area contributed by atoms with Crippen LogP contribution in [0, 0.1) is 0 Å². The van der Waals surface area contributed by atoms with Gasteiger partial charge < -0.3 is 16.8 Å². The molecule has 0 bridgehead atoms. The molecule has 0 spiro atoms. The Bertz CT molecular complexity index is 667. The third-order valence-corrected chi connectivity index (χ3v) is 3.00. The quantitative estimate of drug-likeness (QED) is 0.282. The molecule has 0 radical (unpaired) electrons. The third-order valence-electron chi connectivity index (χ3n) is 2.62. The summed E-state index contributed by atoms with van der Waals surface area (Å²) in [5.74, 6) is -0.509. The summed E-state index contributed by atoms with van der Waals surface area (Å²) < 4.78 is 0. The van der Waals surface area contributed by atoms with E-state index in [1.807, 2.05) is 0 Å². The van der Waals surface area contributed by atoms with Crippen LogP contribution in [0.15, 0.2) is 34.5 Å². The van der Waals surface area contributed by atoms with Crippen molar-refractivity contribution in [2.75, 3.05) is 7.05 Å². The molecule has 0 saturated carbocycles. The summed E-state index contributed by atoms with van der Waals surface area (Å²) in [7, 11) is 1.67. The van der Waals surface area contributed by atoms with Gasteiger partial charge in [0.1, 0.15) is 5.71 Å². The van der Waals surface area contributed by atoms with Gasteiger partial charge in [-0.15, -0.1) is 0 Å². The first kappa shape index (κ1) is 18.5. The van der Waals surface area contributed by atoms with E-state index in [0.717, 1.165) is 0 Å². The Morgan fingerprint density at radius 2 is 1.61 bits per heavy atom. The number of nitrogens with one attached hydrogen (secondary N) is 3. The summed E-state index contributed by atoms with van der Waals surface area (Å²) in [6, 6.07) is 6.58. The summed E-state index contributed by atoms with van der Waals surface area (Å²) in [6.07, 6.45) is 0. The predicted octanol–water partition coefficient (Wildman–Crippen LogP) is -0.207. The van der Waals surface area contributed by atoms with Crippen LogP contribution in [-0.2, 0) is 0 Å². The van der Waals surface area contributed by atoms with Gasteiger partial charge in [-0.1, -0.05) is 12.1 Å². The van der Waals surface area contributed by atoms with Crippen LogP contribution >= 0.6 is 24.4 Å². The SMILES string of the molecule is CNC(=S)N/N=C(/C(C)=N/NC(N)=S)c1ccc(C(N)=O)cc1. The average molecular weight is 351 g/mol. The summed E-state index contributed by atoms with van der Waals surface area (Å²) in [6.45, 7) is 1.72. The van der Waals surface area contributed by atoms with Gasteiger partial charge in [-0.05, 0) is 43.5 Å². The highest BCUT2D eigenvalue weighted by atomic mass is 32.1. The van der Waals surface area contributed by atoms with Gasteiger partial charge in [-0.3, -0.25) is 15.6 Å². The number of carbonyl (C=O) groups is 1. The number of benzene rings is 1. The molecule has 1 rings (SSSR count). The maximum absolute atomic E-state index is 11.1. The lowest BCUT2D eigenvalue weighted by Crippen LogP contribution is -2.31. The Labute approximate surface area is 144 Å². The van der Waals surface area contributed by atoms with E-state index in [-0.39, 0.29) is 5.11 Å². The van der Waals surface area contributed by atoms with Gasteiger partial charge >= 0.3 is 0 Å². The van der Waals surface area contributed by atoms with E-state index < -0.39 is 5.91 Å². The smallest absolute Gasteiger partial charge is 0.248 e. The highest BCUT2D eigenvalue weighted by Crippen LogP contribution is 2.07. The van der Waals surface area contributed by atoms with Crippen LogP contribution in [0.1, 0.15) is 22.8 Å². The highest BCUT2D eigenvalue weighted by Gasteiger charge is 2.10. The van der Waals surface area contributed by atoms with Gasteiger partial charge in [0.05, 0.1) is 5.71 Å². The standard InChI is InChI=1S/C13H17N7OS2/c1-7(17-19-12(15)22)10(18-20-13(23)16-2)8-3-5-9(6-4-8)11(14)21/h3-6H,1-2H3,(H2,14,21)(H3,15,19,22)(H2,16,20,23)/b17-7+,18-10-. The number of nitrogens with two attached hydrogens (primary N) is 2. The van der Waals surface area contributed by atoms with Crippen LogP contribution in [0.5, 0.6) is 0 Å². The number of nitrogens with zero attached hydrogens (tertiary/aromatic N) is 2. The lowest BCUT2D eigenvalue weighted by atomic mass is 10.0. The molecular formula is C13H17N7OS2. The molecule has 0 heterocycles. The number of thiocarbonyl (C=S) groups is 2. The minimum absolute atomic E-state index is 0.0338. The second-order valence-electron chi connectivity index (χ2n) is 4.27. The topological polar surface area (TPSA) is 130 Å². The minimum Gasteiger partial charge on any atom is -0.375 e. The van der Waals surface area contributed by atoms with Crippen molar-refractivity contribution < 1.29 is 4.79 Å². The van der Waals surface area contributed by atoms with Crippen molar-refractivity contribution in [2.24, 2.45) is 21.7 Å². The fourth-order valence-corrected chi connectivity index (χ4v) is 1.59. The molecule has 23 heavy (non-hydrogen) atoms. The van der Waals surface area contributed by atoms with Crippen molar-refractivity contribution in [3.05, 3.63) is 35.4 Å². The van der Waals surface area contributed by atoms with Crippen molar-refractivity contribution in [2.45, 2.75) is 6.92 Å². The van der Waals surface area contributed by atoms with Gasteiger partial charge in [0.15, 0.2) is 10.2 Å². The van der Waals surface area contributed by atoms with E-state index in [4.69, 9.17) is 35.9 Å². The molecule has 0 aliphatic heterocycles. The third kappa shape index (κ3) is 5.96. The maximum atomic E-state index is 11.1. The first-order valence-corrected chi connectivity index (χ1v) is 7.22. The predicted molar refractivity (Wildman–Crippen MR) is 99.3 cm³/mol. The molecule has 122 valence electrons. The summed E-state index contributed by atoms with van der Waals surface area (Å²) in [5.41, 5.74) is 17.8. The fourth-order valence-electron chi connectivity index (χ4n) is 1.50. The molecule has 0 aromatic heterocycles. The lowest BCUT2D eigenvalue weighted by molar-refractivity contribution is 0.100. The van der Waals surface area contributed by atoms with E-state index >= 15 is 0 Å². The minimum atomic E-state index is -0.509. The number of primary amides is 1. The van der Waals surface area contributed by atoms with E-state index in [0.29, 0.717) is 27.7 Å². The Hall–Kier alpha value is -2.59. The number of hydrazone groups is 2. The van der Waals surface area contributed by atoms with Gasteiger partial charge in [-0.25, -0.2) is 0 Å². The first-order valence-electron chi connectivity index (χ1n) is 6.41. The van der Waals surface area contributed by atoms with Gasteiger partial charge in [0, 0.05) is 18.2 Å². The molecule has 0 unspecified atom stereocenters. The fraction of sp³-hybridized carbons (Fsp3) is 0.154. The van der Waals surface area contributed by atoms with E-state index in [1.165, 1.54) is 0 Å². The van der Waals surface area contributed by atoms with Crippen molar-refractivity contribution >= 4 is 52.0 Å². The number of amides is 1. The van der Waals surface area contributed by atoms with Crippen LogP contribution in [0.25, 0.3) is 0 Å². The number of carbonyl (C=O) groups excluding carboxylic acids is 1. The molecule has 8 nitrogen and oxygen atoms in total. The Morgan fingerprint density at radius 1 is 1.04 bits per heavy atom. The second-order valence-corrected chi connectivity index (χ2v) is 5.11. The average Bonchev–Trinajstić information content (AvgIpc) is 2.53. The van der Waals surface area contributed by atoms with Gasteiger partial charge in [-0.2, -0.15) is 10.2 Å². The largest absolute Gasteiger partial charge is 0.375 e. The summed E-state index contributed by atoms with van der Waals surface area (Å²) in [4.78, 5) is 11.1. The molecule has 0 fully saturated rings. The molecule has 0 saturated heterocycles. The summed E-state index contributed by atoms with van der Waals surface area (Å²) in [5, 5.41) is 11.4. The number of hydrogen-bond donors (Lipinski definition) is 5. The zero-order chi connectivity index (χ0) is 17.4. The van der Waals surface area contributed by atoms with Crippen LogP contribution < -0.4 is 27.6 Å². The second kappa shape index (κ2) is 8.76. The Kier molecular flexibility index (Phi) is 7.03. The molecule has 1 amide bonds. The Balaban J connectivity index is 3.17. The molecule has 0 aliphatic carbocycles. The zero-order valence-corrected chi connectivity index (χ0v) is 14.2. The van der Waals surface area contributed by atoms with Crippen LogP contribution in [-0.4, -0.2) is 34.6 Å². The van der Waals surface area contributed by atoms with Crippen molar-refractivity contribution in [1.29, 1.82) is 0 Å². The molecule has 0 atom stereocenters. The van der Waals surface area contributed by atoms with Crippen LogP contribution in [0.3, 0.4) is 0 Å². The number of rotatable bonds is 5. The molecule has 1 aromatic carbocycles. The van der Waals surface area contributed by atoms with E-state index in [1.54, 1.807) is 38.2 Å². The molecule has 10 heteroatoms. The first-order chi connectivity index (χ1) is 10.8. The van der Waals surface area contributed by atoms with E-state index in [2.05, 4.69) is 26.4 Å². The maximum Gasteiger partial charge on any atom is 0.248 e. The highest BCUT2D eigenvalue weighted by molar-refractivity contribution is 7.80. The molecule has 0 aliphatic rings. The summed E-state index contributed by atoms with van der Waals surface area (Å²) >= 11 is 9.69. The Morgan fingerprint density at radius 3 is 2.09 bits per heavy atom. The molecular weight excluding hydrogens is 334 g/mol. The normalized spacial score (nSPS) is 11.6. The van der Waals surface area contributed by atoms with Crippen LogP contribution in [0.2, 0.25) is 0 Å². The van der Waals surface area contributed by atoms with Gasteiger partial charge in [0.25, 0.3) is 0 Å². The van der Waals surface area contributed by atoms with Gasteiger partial charge in [0.2, 0.25) is 5.91 Å². The van der Waals surface area contributed by atoms with Crippen LogP contribution in [0.4, 0.5) is 0 Å². The monoisotopic (exact) mass is 351 g/mol. The van der Waals surface area contributed by atoms with E-state index in [9.17, 15) is 4.79 Å².